The van der Waals surface area contributed by atoms with Gasteiger partial charge in [0.05, 0.1) is 6.07 Å². The minimum Gasteiger partial charge on any atom is -0.293 e. The van der Waals surface area contributed by atoms with Crippen LogP contribution >= 0.6 is 15.9 Å². The molecule has 0 saturated heterocycles. The van der Waals surface area contributed by atoms with Gasteiger partial charge in [-0.1, -0.05) is 35.3 Å². The summed E-state index contributed by atoms with van der Waals surface area (Å²) in [6.45, 7) is 3.91. The van der Waals surface area contributed by atoms with E-state index >= 15 is 0 Å². The van der Waals surface area contributed by atoms with Gasteiger partial charge in [-0.3, -0.25) is 4.79 Å². The Hall–Kier alpha value is -1.14. The van der Waals surface area contributed by atoms with Crippen LogP contribution < -0.4 is 0 Å². The number of ketones is 1. The SMILES string of the molecule is CCCC(C#N)C(=O)c1ccc(Br)c(C)c1. The zero-order valence-electron chi connectivity index (χ0n) is 9.46. The highest BCUT2D eigenvalue weighted by Crippen LogP contribution is 2.20. The summed E-state index contributed by atoms with van der Waals surface area (Å²) in [4.78, 5) is 12.0. The zero-order valence-corrected chi connectivity index (χ0v) is 11.0. The van der Waals surface area contributed by atoms with Gasteiger partial charge < -0.3 is 0 Å². The van der Waals surface area contributed by atoms with Crippen molar-refractivity contribution in [3.05, 3.63) is 33.8 Å². The van der Waals surface area contributed by atoms with Crippen LogP contribution in [0.2, 0.25) is 0 Å². The van der Waals surface area contributed by atoms with Crippen LogP contribution in [0.4, 0.5) is 0 Å². The third kappa shape index (κ3) is 2.93. The monoisotopic (exact) mass is 279 g/mol. The molecule has 0 aromatic heterocycles. The van der Waals surface area contributed by atoms with Gasteiger partial charge >= 0.3 is 0 Å². The first-order valence-corrected chi connectivity index (χ1v) is 6.09. The van der Waals surface area contributed by atoms with Gasteiger partial charge in [-0.2, -0.15) is 5.26 Å². The Bertz CT molecular complexity index is 434. The quantitative estimate of drug-likeness (QED) is 0.785. The van der Waals surface area contributed by atoms with Gasteiger partial charge in [-0.25, -0.2) is 0 Å². The number of carbonyl (C=O) groups is 1. The number of benzene rings is 1. The Morgan fingerprint density at radius 3 is 2.75 bits per heavy atom. The van der Waals surface area contributed by atoms with Crippen molar-refractivity contribution in [2.45, 2.75) is 26.7 Å². The highest BCUT2D eigenvalue weighted by atomic mass is 79.9. The van der Waals surface area contributed by atoms with E-state index in [9.17, 15) is 4.79 Å². The first kappa shape index (κ1) is 12.9. The number of Topliss-reactive ketones (excluding diaryl/α,β-unsaturated/α-hetero) is 1. The summed E-state index contributed by atoms with van der Waals surface area (Å²) in [5.74, 6) is -0.578. The second-order valence-electron chi connectivity index (χ2n) is 3.80. The van der Waals surface area contributed by atoms with Gasteiger partial charge in [0.25, 0.3) is 0 Å². The molecule has 0 aliphatic rings. The molecule has 0 bridgehead atoms. The Labute approximate surface area is 104 Å². The van der Waals surface area contributed by atoms with Crippen LogP contribution in [-0.4, -0.2) is 5.78 Å². The molecule has 1 aromatic carbocycles. The summed E-state index contributed by atoms with van der Waals surface area (Å²) >= 11 is 3.39. The topological polar surface area (TPSA) is 40.9 Å². The van der Waals surface area contributed by atoms with Crippen LogP contribution in [-0.2, 0) is 0 Å². The molecule has 2 nitrogen and oxygen atoms in total. The number of rotatable bonds is 4. The highest BCUT2D eigenvalue weighted by Gasteiger charge is 2.18. The van der Waals surface area contributed by atoms with E-state index in [-0.39, 0.29) is 5.78 Å². The van der Waals surface area contributed by atoms with Crippen LogP contribution in [0.3, 0.4) is 0 Å². The fourth-order valence-corrected chi connectivity index (χ4v) is 1.79. The van der Waals surface area contributed by atoms with E-state index in [0.717, 1.165) is 16.5 Å². The molecular weight excluding hydrogens is 266 g/mol. The lowest BCUT2D eigenvalue weighted by atomic mass is 9.94. The molecule has 0 spiro atoms. The maximum absolute atomic E-state index is 12.0. The van der Waals surface area contributed by atoms with E-state index in [1.165, 1.54) is 0 Å². The fraction of sp³-hybridized carbons (Fsp3) is 0.385. The third-order valence-electron chi connectivity index (χ3n) is 2.49. The maximum atomic E-state index is 12.0. The molecular formula is C13H14BrNO. The lowest BCUT2D eigenvalue weighted by Gasteiger charge is -2.08. The molecule has 0 N–H and O–H groups in total. The molecule has 1 unspecified atom stereocenters. The van der Waals surface area contributed by atoms with Crippen molar-refractivity contribution in [3.8, 4) is 6.07 Å². The lowest BCUT2D eigenvalue weighted by Crippen LogP contribution is -2.12. The number of nitrogens with zero attached hydrogens (tertiary/aromatic N) is 1. The summed E-state index contributed by atoms with van der Waals surface area (Å²) in [7, 11) is 0. The minimum absolute atomic E-state index is 0.0695. The van der Waals surface area contributed by atoms with E-state index in [1.807, 2.05) is 26.0 Å². The summed E-state index contributed by atoms with van der Waals surface area (Å²) in [6.07, 6.45) is 1.48. The number of carbonyl (C=O) groups excluding carboxylic acids is 1. The van der Waals surface area contributed by atoms with Crippen LogP contribution in [0.25, 0.3) is 0 Å². The first-order chi connectivity index (χ1) is 7.60. The van der Waals surface area contributed by atoms with Crippen molar-refractivity contribution in [3.63, 3.8) is 0 Å². The predicted molar refractivity (Wildman–Crippen MR) is 67.2 cm³/mol. The van der Waals surface area contributed by atoms with Crippen molar-refractivity contribution in [1.82, 2.24) is 0 Å². The van der Waals surface area contributed by atoms with Crippen molar-refractivity contribution < 1.29 is 4.79 Å². The van der Waals surface area contributed by atoms with Gasteiger partial charge in [0.1, 0.15) is 5.92 Å². The molecule has 0 heterocycles. The first-order valence-electron chi connectivity index (χ1n) is 5.30. The van der Waals surface area contributed by atoms with Gasteiger partial charge in [-0.15, -0.1) is 0 Å². The Kier molecular flexibility index (Phi) is 4.70. The van der Waals surface area contributed by atoms with Gasteiger partial charge in [0.15, 0.2) is 5.78 Å². The molecule has 0 aliphatic carbocycles. The van der Waals surface area contributed by atoms with Crippen molar-refractivity contribution in [2.24, 2.45) is 5.92 Å². The van der Waals surface area contributed by atoms with Crippen molar-refractivity contribution >= 4 is 21.7 Å². The van der Waals surface area contributed by atoms with Crippen LogP contribution in [0, 0.1) is 24.2 Å². The van der Waals surface area contributed by atoms with E-state index in [1.54, 1.807) is 6.07 Å². The molecule has 84 valence electrons. The number of hydrogen-bond acceptors (Lipinski definition) is 2. The molecule has 0 amide bonds. The van der Waals surface area contributed by atoms with Gasteiger partial charge in [0.2, 0.25) is 0 Å². The number of nitriles is 1. The Morgan fingerprint density at radius 2 is 2.25 bits per heavy atom. The number of halogens is 1. The molecule has 16 heavy (non-hydrogen) atoms. The highest BCUT2D eigenvalue weighted by molar-refractivity contribution is 9.10. The molecule has 1 aromatic rings. The molecule has 0 aliphatic heterocycles. The van der Waals surface area contributed by atoms with E-state index in [0.29, 0.717) is 12.0 Å². The summed E-state index contributed by atoms with van der Waals surface area (Å²) in [5, 5.41) is 8.93. The summed E-state index contributed by atoms with van der Waals surface area (Å²) in [5.41, 5.74) is 1.64. The lowest BCUT2D eigenvalue weighted by molar-refractivity contribution is 0.0943. The van der Waals surface area contributed by atoms with E-state index in [2.05, 4.69) is 22.0 Å². The number of aryl methyl sites for hydroxylation is 1. The largest absolute Gasteiger partial charge is 0.293 e. The van der Waals surface area contributed by atoms with Crippen LogP contribution in [0.15, 0.2) is 22.7 Å². The van der Waals surface area contributed by atoms with Crippen LogP contribution in [0.1, 0.15) is 35.7 Å². The smallest absolute Gasteiger partial charge is 0.179 e. The minimum atomic E-state index is -0.509. The molecule has 1 atom stereocenters. The van der Waals surface area contributed by atoms with Crippen molar-refractivity contribution in [1.29, 1.82) is 5.26 Å². The number of hydrogen-bond donors (Lipinski definition) is 0. The summed E-state index contributed by atoms with van der Waals surface area (Å²) < 4.78 is 0.980. The third-order valence-corrected chi connectivity index (χ3v) is 3.38. The van der Waals surface area contributed by atoms with Gasteiger partial charge in [0, 0.05) is 10.0 Å². The second-order valence-corrected chi connectivity index (χ2v) is 4.65. The average molecular weight is 280 g/mol. The predicted octanol–water partition coefficient (Wildman–Crippen LogP) is 3.88. The normalized spacial score (nSPS) is 11.9. The Balaban J connectivity index is 2.96. The second kappa shape index (κ2) is 5.81. The van der Waals surface area contributed by atoms with E-state index in [4.69, 9.17) is 5.26 Å². The fourth-order valence-electron chi connectivity index (χ4n) is 1.54. The maximum Gasteiger partial charge on any atom is 0.179 e. The standard InChI is InChI=1S/C13H14BrNO/c1-3-4-11(8-15)13(16)10-5-6-12(14)9(2)7-10/h5-7,11H,3-4H2,1-2H3. The van der Waals surface area contributed by atoms with Crippen molar-refractivity contribution in [2.75, 3.05) is 0 Å². The zero-order chi connectivity index (χ0) is 12.1. The molecule has 0 fully saturated rings. The Morgan fingerprint density at radius 1 is 1.56 bits per heavy atom. The van der Waals surface area contributed by atoms with Crippen LogP contribution in [0.5, 0.6) is 0 Å². The van der Waals surface area contributed by atoms with Gasteiger partial charge in [-0.05, 0) is 31.0 Å². The summed E-state index contributed by atoms with van der Waals surface area (Å²) in [6, 6.07) is 7.51. The average Bonchev–Trinajstić information content (AvgIpc) is 2.28. The molecule has 0 saturated carbocycles. The molecule has 1 rings (SSSR count). The molecule has 0 radical (unpaired) electrons. The van der Waals surface area contributed by atoms with E-state index < -0.39 is 5.92 Å². The molecule has 3 heteroatoms.